The molecule has 0 aliphatic rings. The van der Waals surface area contributed by atoms with E-state index in [0.717, 1.165) is 0 Å². The molecule has 0 radical (unpaired) electrons. The minimum absolute atomic E-state index is 0.372. The Bertz CT molecular complexity index is 986. The first kappa shape index (κ1) is 14.8. The van der Waals surface area contributed by atoms with Crippen LogP contribution in [-0.2, 0) is 0 Å². The molecule has 0 saturated heterocycles. The molecule has 0 saturated carbocycles. The lowest BCUT2D eigenvalue weighted by molar-refractivity contribution is 0.792. The predicted octanol–water partition coefficient (Wildman–Crippen LogP) is 6.54. The fraction of sp³-hybridized carbons (Fsp3) is 0.130. The zero-order valence-electron chi connectivity index (χ0n) is 14.1. The Hall–Kier alpha value is -2.80. The van der Waals surface area contributed by atoms with Crippen LogP contribution in [0.25, 0.3) is 21.5 Å². The van der Waals surface area contributed by atoms with Gasteiger partial charge in [-0.2, -0.15) is 0 Å². The van der Waals surface area contributed by atoms with E-state index < -0.39 is 0 Å². The van der Waals surface area contributed by atoms with Gasteiger partial charge >= 0.3 is 0 Å². The second-order valence-electron chi connectivity index (χ2n) is 6.46. The van der Waals surface area contributed by atoms with Crippen molar-refractivity contribution in [1.29, 1.82) is 0 Å². The molecule has 1 heteroatoms. The number of hydrogen-bond donors (Lipinski definition) is 0. The van der Waals surface area contributed by atoms with Crippen LogP contribution < -0.4 is 4.90 Å². The molecule has 4 rings (SSSR count). The summed E-state index contributed by atoms with van der Waals surface area (Å²) in [6, 6.07) is 30.7. The van der Waals surface area contributed by atoms with Gasteiger partial charge in [0.05, 0.1) is 0 Å². The summed E-state index contributed by atoms with van der Waals surface area (Å²) >= 11 is 0. The van der Waals surface area contributed by atoms with Gasteiger partial charge in [-0.3, -0.25) is 0 Å². The topological polar surface area (TPSA) is 3.24 Å². The summed E-state index contributed by atoms with van der Waals surface area (Å²) in [6.07, 6.45) is 0. The third-order valence-corrected chi connectivity index (χ3v) is 4.56. The monoisotopic (exact) mass is 311 g/mol. The van der Waals surface area contributed by atoms with Crippen molar-refractivity contribution in [3.05, 3.63) is 84.9 Å². The summed E-state index contributed by atoms with van der Waals surface area (Å²) in [7, 11) is 0. The Labute approximate surface area is 143 Å². The third-order valence-electron chi connectivity index (χ3n) is 4.56. The van der Waals surface area contributed by atoms with Crippen molar-refractivity contribution in [3.63, 3.8) is 0 Å². The second-order valence-corrected chi connectivity index (χ2v) is 6.46. The average molecular weight is 311 g/mol. The van der Waals surface area contributed by atoms with Crippen molar-refractivity contribution < 1.29 is 0 Å². The van der Waals surface area contributed by atoms with Gasteiger partial charge in [0.2, 0.25) is 0 Å². The van der Waals surface area contributed by atoms with Crippen molar-refractivity contribution in [2.75, 3.05) is 4.90 Å². The fourth-order valence-electron chi connectivity index (χ4n) is 3.54. The van der Waals surface area contributed by atoms with Gasteiger partial charge in [-0.05, 0) is 48.2 Å². The Morgan fingerprint density at radius 1 is 0.625 bits per heavy atom. The van der Waals surface area contributed by atoms with Crippen LogP contribution in [0.3, 0.4) is 0 Å². The van der Waals surface area contributed by atoms with E-state index in [2.05, 4.69) is 104 Å². The van der Waals surface area contributed by atoms with Crippen LogP contribution in [0.2, 0.25) is 0 Å². The number of fused-ring (bicyclic) bond motifs is 3. The minimum atomic E-state index is 0.372. The molecule has 4 aromatic rings. The quantitative estimate of drug-likeness (QED) is 0.388. The van der Waals surface area contributed by atoms with Crippen LogP contribution in [-0.4, -0.2) is 6.04 Å². The molecular weight excluding hydrogens is 290 g/mol. The highest BCUT2D eigenvalue weighted by Gasteiger charge is 2.17. The van der Waals surface area contributed by atoms with Gasteiger partial charge in [-0.1, -0.05) is 66.7 Å². The van der Waals surface area contributed by atoms with Crippen LogP contribution in [0.1, 0.15) is 13.8 Å². The van der Waals surface area contributed by atoms with Crippen molar-refractivity contribution in [2.24, 2.45) is 0 Å². The van der Waals surface area contributed by atoms with Gasteiger partial charge in [-0.25, -0.2) is 0 Å². The van der Waals surface area contributed by atoms with Crippen LogP contribution in [0.5, 0.6) is 0 Å². The van der Waals surface area contributed by atoms with Crippen LogP contribution >= 0.6 is 0 Å². The number of rotatable bonds is 3. The van der Waals surface area contributed by atoms with Gasteiger partial charge in [-0.15, -0.1) is 0 Å². The highest BCUT2D eigenvalue weighted by molar-refractivity contribution is 6.13. The molecule has 0 aromatic heterocycles. The van der Waals surface area contributed by atoms with Crippen molar-refractivity contribution in [1.82, 2.24) is 0 Å². The Kier molecular flexibility index (Phi) is 3.70. The SMILES string of the molecule is CC(C)N(c1ccccc1)c1cc2ccccc2c2ccccc12. The van der Waals surface area contributed by atoms with Gasteiger partial charge in [0, 0.05) is 22.8 Å². The van der Waals surface area contributed by atoms with Gasteiger partial charge < -0.3 is 4.90 Å². The predicted molar refractivity (Wildman–Crippen MR) is 105 cm³/mol. The zero-order valence-corrected chi connectivity index (χ0v) is 14.1. The molecule has 0 amide bonds. The smallest absolute Gasteiger partial charge is 0.0499 e. The molecule has 0 bridgehead atoms. The van der Waals surface area contributed by atoms with Crippen molar-refractivity contribution >= 4 is 32.9 Å². The highest BCUT2D eigenvalue weighted by Crippen LogP contribution is 2.38. The summed E-state index contributed by atoms with van der Waals surface area (Å²) in [5, 5.41) is 5.21. The number of nitrogens with zero attached hydrogens (tertiary/aromatic N) is 1. The van der Waals surface area contributed by atoms with E-state index in [1.165, 1.54) is 32.9 Å². The number of benzene rings is 4. The Morgan fingerprint density at radius 3 is 1.92 bits per heavy atom. The first-order valence-corrected chi connectivity index (χ1v) is 8.50. The molecular formula is C23H21N. The minimum Gasteiger partial charge on any atom is -0.338 e. The fourth-order valence-corrected chi connectivity index (χ4v) is 3.54. The number of para-hydroxylation sites is 1. The summed E-state index contributed by atoms with van der Waals surface area (Å²) in [4.78, 5) is 2.43. The highest BCUT2D eigenvalue weighted by atomic mass is 15.2. The van der Waals surface area contributed by atoms with E-state index in [1.54, 1.807) is 0 Å². The van der Waals surface area contributed by atoms with Crippen molar-refractivity contribution in [2.45, 2.75) is 19.9 Å². The largest absolute Gasteiger partial charge is 0.338 e. The molecule has 0 aliphatic carbocycles. The maximum absolute atomic E-state index is 2.43. The molecule has 0 unspecified atom stereocenters. The van der Waals surface area contributed by atoms with Crippen LogP contribution in [0.15, 0.2) is 84.9 Å². The second kappa shape index (κ2) is 6.01. The number of hydrogen-bond acceptors (Lipinski definition) is 1. The molecule has 4 aromatic carbocycles. The maximum Gasteiger partial charge on any atom is 0.0499 e. The van der Waals surface area contributed by atoms with E-state index in [0.29, 0.717) is 6.04 Å². The first-order valence-electron chi connectivity index (χ1n) is 8.50. The molecule has 1 nitrogen and oxygen atoms in total. The van der Waals surface area contributed by atoms with Gasteiger partial charge in [0.25, 0.3) is 0 Å². The van der Waals surface area contributed by atoms with E-state index in [-0.39, 0.29) is 0 Å². The molecule has 24 heavy (non-hydrogen) atoms. The Morgan fingerprint density at radius 2 is 1.21 bits per heavy atom. The maximum atomic E-state index is 2.43. The van der Waals surface area contributed by atoms with E-state index in [1.807, 2.05) is 0 Å². The normalized spacial score (nSPS) is 11.3. The summed E-state index contributed by atoms with van der Waals surface area (Å²) in [5.74, 6) is 0. The molecule has 0 heterocycles. The van der Waals surface area contributed by atoms with Crippen LogP contribution in [0, 0.1) is 0 Å². The molecule has 0 aliphatic heterocycles. The molecule has 0 fully saturated rings. The van der Waals surface area contributed by atoms with E-state index in [9.17, 15) is 0 Å². The summed E-state index contributed by atoms with van der Waals surface area (Å²) in [5.41, 5.74) is 2.50. The first-order chi connectivity index (χ1) is 11.8. The summed E-state index contributed by atoms with van der Waals surface area (Å²) < 4.78 is 0. The molecule has 118 valence electrons. The lowest BCUT2D eigenvalue weighted by atomic mass is 9.99. The standard InChI is InChI=1S/C23H21N/c1-17(2)24(19-11-4-3-5-12-19)23-16-18-10-6-7-13-20(18)21-14-8-9-15-22(21)23/h3-17H,1-2H3. The summed E-state index contributed by atoms with van der Waals surface area (Å²) in [6.45, 7) is 4.49. The number of anilines is 2. The molecule has 0 N–H and O–H groups in total. The lowest BCUT2D eigenvalue weighted by Gasteiger charge is -2.31. The van der Waals surface area contributed by atoms with E-state index >= 15 is 0 Å². The third kappa shape index (κ3) is 2.43. The molecule has 0 spiro atoms. The Balaban J connectivity index is 2.07. The lowest BCUT2D eigenvalue weighted by Crippen LogP contribution is -2.25. The van der Waals surface area contributed by atoms with E-state index in [4.69, 9.17) is 0 Å². The molecule has 0 atom stereocenters. The van der Waals surface area contributed by atoms with Gasteiger partial charge in [0.15, 0.2) is 0 Å². The average Bonchev–Trinajstić information content (AvgIpc) is 2.63. The van der Waals surface area contributed by atoms with Gasteiger partial charge in [0.1, 0.15) is 0 Å². The zero-order chi connectivity index (χ0) is 16.5. The van der Waals surface area contributed by atoms with Crippen LogP contribution in [0.4, 0.5) is 11.4 Å². The van der Waals surface area contributed by atoms with Crippen molar-refractivity contribution in [3.8, 4) is 0 Å².